The second-order valence-corrected chi connectivity index (χ2v) is 7.98. The molecular formula is C20H16ClFN4O2S. The zero-order valence-electron chi connectivity index (χ0n) is 15.6. The number of carbonyl (C=O) groups is 1. The van der Waals surface area contributed by atoms with E-state index in [1.807, 2.05) is 24.7 Å². The second-order valence-electron chi connectivity index (χ2n) is 6.55. The molecule has 0 radical (unpaired) electrons. The molecule has 3 heterocycles. The molecule has 0 fully saturated rings. The number of aliphatic carboxylic acids is 1. The number of hydrogen-bond acceptors (Lipinski definition) is 4. The number of halogens is 2. The van der Waals surface area contributed by atoms with Gasteiger partial charge in [0.1, 0.15) is 10.8 Å². The molecular weight excluding hydrogens is 415 g/mol. The summed E-state index contributed by atoms with van der Waals surface area (Å²) < 4.78 is 17.9. The molecule has 0 bridgehead atoms. The highest BCUT2D eigenvalue weighted by Gasteiger charge is 2.20. The molecule has 0 aliphatic carbocycles. The van der Waals surface area contributed by atoms with Crippen LogP contribution in [0.2, 0.25) is 5.02 Å². The summed E-state index contributed by atoms with van der Waals surface area (Å²) in [7, 11) is 1.82. The molecule has 0 atom stereocenters. The number of hydrogen-bond donors (Lipinski definition) is 1. The molecule has 29 heavy (non-hydrogen) atoms. The van der Waals surface area contributed by atoms with Gasteiger partial charge < -0.3 is 9.67 Å². The Hall–Kier alpha value is -2.84. The maximum absolute atomic E-state index is 14.3. The normalized spacial score (nSPS) is 11.3. The van der Waals surface area contributed by atoms with Crippen molar-refractivity contribution in [3.8, 4) is 5.69 Å². The van der Waals surface area contributed by atoms with Crippen LogP contribution in [0.1, 0.15) is 11.4 Å². The Labute approximate surface area is 174 Å². The third-order valence-electron chi connectivity index (χ3n) is 4.46. The van der Waals surface area contributed by atoms with Gasteiger partial charge in [0.2, 0.25) is 0 Å². The van der Waals surface area contributed by atoms with E-state index in [9.17, 15) is 9.18 Å². The molecule has 0 spiro atoms. The molecule has 0 amide bonds. The summed E-state index contributed by atoms with van der Waals surface area (Å²) in [6.07, 6.45) is 3.43. The second kappa shape index (κ2) is 7.53. The maximum atomic E-state index is 14.3. The molecule has 0 saturated heterocycles. The van der Waals surface area contributed by atoms with Gasteiger partial charge in [0.05, 0.1) is 34.5 Å². The number of aryl methyl sites for hydroxylation is 1. The molecule has 9 heteroatoms. The number of nitrogens with zero attached hydrogens (tertiary/aromatic N) is 4. The lowest BCUT2D eigenvalue weighted by Crippen LogP contribution is -2.02. The average molecular weight is 431 g/mol. The molecule has 0 aliphatic heterocycles. The quantitative estimate of drug-likeness (QED) is 0.499. The van der Waals surface area contributed by atoms with Crippen molar-refractivity contribution in [1.82, 2.24) is 19.3 Å². The van der Waals surface area contributed by atoms with Gasteiger partial charge in [-0.2, -0.15) is 5.10 Å². The van der Waals surface area contributed by atoms with E-state index < -0.39 is 11.8 Å². The van der Waals surface area contributed by atoms with Gasteiger partial charge in [-0.15, -0.1) is 0 Å². The summed E-state index contributed by atoms with van der Waals surface area (Å²) in [4.78, 5) is 16.2. The van der Waals surface area contributed by atoms with E-state index in [1.54, 1.807) is 35.1 Å². The van der Waals surface area contributed by atoms with Crippen LogP contribution in [0.4, 0.5) is 4.39 Å². The Kier molecular flexibility index (Phi) is 5.06. The molecule has 0 saturated carbocycles. The first-order valence-electron chi connectivity index (χ1n) is 8.68. The van der Waals surface area contributed by atoms with E-state index in [1.165, 1.54) is 17.8 Å². The van der Waals surface area contributed by atoms with Crippen LogP contribution in [0.15, 0.2) is 52.6 Å². The molecule has 1 aromatic carbocycles. The number of aromatic nitrogens is 4. The zero-order valence-corrected chi connectivity index (χ0v) is 17.1. The van der Waals surface area contributed by atoms with E-state index in [0.29, 0.717) is 16.1 Å². The van der Waals surface area contributed by atoms with Crippen LogP contribution in [-0.2, 0) is 18.3 Å². The molecule has 148 valence electrons. The van der Waals surface area contributed by atoms with Crippen molar-refractivity contribution < 1.29 is 14.3 Å². The molecule has 0 aliphatic rings. The largest absolute Gasteiger partial charge is 0.481 e. The molecule has 1 N–H and O–H groups in total. The minimum atomic E-state index is -0.944. The van der Waals surface area contributed by atoms with Crippen LogP contribution >= 0.6 is 23.4 Å². The van der Waals surface area contributed by atoms with Crippen LogP contribution in [0.5, 0.6) is 0 Å². The number of benzene rings is 1. The minimum absolute atomic E-state index is 0.0401. The third kappa shape index (κ3) is 3.73. The van der Waals surface area contributed by atoms with E-state index in [4.69, 9.17) is 16.7 Å². The van der Waals surface area contributed by atoms with Gasteiger partial charge in [0, 0.05) is 29.2 Å². The zero-order chi connectivity index (χ0) is 20.7. The molecule has 4 rings (SSSR count). The summed E-state index contributed by atoms with van der Waals surface area (Å²) >= 11 is 7.42. The fraction of sp³-hybridized carbons (Fsp3) is 0.150. The van der Waals surface area contributed by atoms with Crippen molar-refractivity contribution in [2.75, 3.05) is 0 Å². The Bertz CT molecular complexity index is 1250. The van der Waals surface area contributed by atoms with Crippen LogP contribution in [0.3, 0.4) is 0 Å². The molecule has 0 unspecified atom stereocenters. The lowest BCUT2D eigenvalue weighted by atomic mass is 10.2. The SMILES string of the molecule is Cc1c(Sc2cccc(CC(=O)O)n2)c2cc(F)c(Cl)cc2n1-c1cnn(C)c1. The lowest BCUT2D eigenvalue weighted by Gasteiger charge is -2.06. The Morgan fingerprint density at radius 1 is 1.34 bits per heavy atom. The van der Waals surface area contributed by atoms with Crippen molar-refractivity contribution in [2.24, 2.45) is 7.05 Å². The molecule has 4 aromatic rings. The Morgan fingerprint density at radius 3 is 2.83 bits per heavy atom. The van der Waals surface area contributed by atoms with E-state index in [-0.39, 0.29) is 11.4 Å². The summed E-state index contributed by atoms with van der Waals surface area (Å²) in [6, 6.07) is 8.25. The summed E-state index contributed by atoms with van der Waals surface area (Å²) in [5.41, 5.74) is 2.93. The average Bonchev–Trinajstić information content (AvgIpc) is 3.18. The van der Waals surface area contributed by atoms with Gasteiger partial charge in [0.25, 0.3) is 0 Å². The van der Waals surface area contributed by atoms with Crippen LogP contribution in [-0.4, -0.2) is 30.4 Å². The summed E-state index contributed by atoms with van der Waals surface area (Å²) in [5.74, 6) is -1.45. The highest BCUT2D eigenvalue weighted by atomic mass is 35.5. The highest BCUT2D eigenvalue weighted by Crippen LogP contribution is 2.40. The van der Waals surface area contributed by atoms with Gasteiger partial charge in [-0.05, 0) is 31.2 Å². The Balaban J connectivity index is 1.87. The van der Waals surface area contributed by atoms with E-state index in [0.717, 1.165) is 21.8 Å². The highest BCUT2D eigenvalue weighted by molar-refractivity contribution is 7.99. The predicted octanol–water partition coefficient (Wildman–Crippen LogP) is 4.64. The Morgan fingerprint density at radius 2 is 2.14 bits per heavy atom. The van der Waals surface area contributed by atoms with Crippen molar-refractivity contribution in [3.05, 3.63) is 65.0 Å². The number of carboxylic acid groups (broad SMARTS) is 1. The van der Waals surface area contributed by atoms with Crippen molar-refractivity contribution in [3.63, 3.8) is 0 Å². The smallest absolute Gasteiger partial charge is 0.309 e. The first-order chi connectivity index (χ1) is 13.8. The van der Waals surface area contributed by atoms with Gasteiger partial charge in [-0.3, -0.25) is 9.48 Å². The first kappa shape index (κ1) is 19.5. The van der Waals surface area contributed by atoms with Gasteiger partial charge >= 0.3 is 5.97 Å². The number of fused-ring (bicyclic) bond motifs is 1. The molecule has 6 nitrogen and oxygen atoms in total. The standard InChI is InChI=1S/C20H16ClFN4O2S/c1-11-20(29-18-5-3-4-12(24-18)6-19(27)28)14-7-16(22)15(21)8-17(14)26(11)13-9-23-25(2)10-13/h3-5,7-10H,6H2,1-2H3,(H,27,28). The van der Waals surface area contributed by atoms with Crippen molar-refractivity contribution >= 4 is 40.2 Å². The van der Waals surface area contributed by atoms with Crippen LogP contribution < -0.4 is 0 Å². The van der Waals surface area contributed by atoms with Crippen LogP contribution in [0.25, 0.3) is 16.6 Å². The van der Waals surface area contributed by atoms with Gasteiger partial charge in [-0.25, -0.2) is 9.37 Å². The lowest BCUT2D eigenvalue weighted by molar-refractivity contribution is -0.136. The number of pyridine rings is 1. The topological polar surface area (TPSA) is 72.9 Å². The van der Waals surface area contributed by atoms with Gasteiger partial charge in [-0.1, -0.05) is 29.4 Å². The minimum Gasteiger partial charge on any atom is -0.481 e. The number of rotatable bonds is 5. The first-order valence-corrected chi connectivity index (χ1v) is 9.87. The number of carboxylic acids is 1. The van der Waals surface area contributed by atoms with E-state index >= 15 is 0 Å². The van der Waals surface area contributed by atoms with Crippen molar-refractivity contribution in [1.29, 1.82) is 0 Å². The van der Waals surface area contributed by atoms with E-state index in [2.05, 4.69) is 10.1 Å². The predicted molar refractivity (Wildman–Crippen MR) is 109 cm³/mol. The van der Waals surface area contributed by atoms with Gasteiger partial charge in [0.15, 0.2) is 0 Å². The van der Waals surface area contributed by atoms with Crippen molar-refractivity contribution in [2.45, 2.75) is 23.3 Å². The summed E-state index contributed by atoms with van der Waals surface area (Å²) in [5, 5.41) is 14.6. The molecule has 3 aromatic heterocycles. The maximum Gasteiger partial charge on any atom is 0.309 e. The third-order valence-corrected chi connectivity index (χ3v) is 5.90. The summed E-state index contributed by atoms with van der Waals surface area (Å²) in [6.45, 7) is 1.93. The van der Waals surface area contributed by atoms with Crippen LogP contribution in [0, 0.1) is 12.7 Å². The fourth-order valence-corrected chi connectivity index (χ4v) is 4.43. The fourth-order valence-electron chi connectivity index (χ4n) is 3.24. The monoisotopic (exact) mass is 430 g/mol.